The second-order valence-corrected chi connectivity index (χ2v) is 9.24. The molecule has 0 aromatic heterocycles. The van der Waals surface area contributed by atoms with E-state index in [9.17, 15) is 9.18 Å². The maximum absolute atomic E-state index is 13.4. The number of amides is 1. The zero-order valence-corrected chi connectivity index (χ0v) is 17.1. The first kappa shape index (κ1) is 19.2. The van der Waals surface area contributed by atoms with Gasteiger partial charge in [-0.15, -0.1) is 0 Å². The Morgan fingerprint density at radius 1 is 1.32 bits per heavy atom. The Bertz CT molecular complexity index is 607. The lowest BCUT2D eigenvalue weighted by Crippen LogP contribution is -2.39. The number of benzene rings is 1. The molecule has 6 heteroatoms. The summed E-state index contributed by atoms with van der Waals surface area (Å²) in [6, 6.07) is 4.95. The lowest BCUT2D eigenvalue weighted by molar-refractivity contribution is 0.179. The number of piperidine rings is 1. The first-order valence-corrected chi connectivity index (χ1v) is 10.8. The van der Waals surface area contributed by atoms with E-state index >= 15 is 0 Å². The fraction of sp³-hybridized carbons (Fsp3) is 0.632. The Morgan fingerprint density at radius 2 is 2.08 bits per heavy atom. The number of carbonyl (C=O) groups is 1. The highest BCUT2D eigenvalue weighted by molar-refractivity contribution is 9.10. The van der Waals surface area contributed by atoms with Gasteiger partial charge in [0.2, 0.25) is 0 Å². The van der Waals surface area contributed by atoms with Crippen molar-refractivity contribution in [1.29, 1.82) is 0 Å². The summed E-state index contributed by atoms with van der Waals surface area (Å²) >= 11 is 5.05. The molecule has 138 valence electrons. The minimum absolute atomic E-state index is 0.157. The molecule has 1 aromatic carbocycles. The van der Waals surface area contributed by atoms with Crippen molar-refractivity contribution in [2.45, 2.75) is 37.9 Å². The van der Waals surface area contributed by atoms with Gasteiger partial charge in [-0.3, -0.25) is 4.79 Å². The van der Waals surface area contributed by atoms with Gasteiger partial charge in [-0.2, -0.15) is 0 Å². The molecule has 2 heterocycles. The highest BCUT2D eigenvalue weighted by Gasteiger charge is 2.32. The number of likely N-dealkylation sites (tertiary alicyclic amines) is 1. The number of rotatable bonds is 6. The second kappa shape index (κ2) is 8.87. The maximum Gasteiger partial charge on any atom is 0.282 e. The fourth-order valence-corrected chi connectivity index (χ4v) is 5.34. The summed E-state index contributed by atoms with van der Waals surface area (Å²) in [5.74, 6) is 0.457. The summed E-state index contributed by atoms with van der Waals surface area (Å²) in [7, 11) is 0. The van der Waals surface area contributed by atoms with Crippen LogP contribution in [0.25, 0.3) is 0 Å². The number of carbonyl (C=O) groups excluding carboxylic acids is 1. The summed E-state index contributed by atoms with van der Waals surface area (Å²) in [5, 5.41) is 0.658. The Labute approximate surface area is 162 Å². The first-order valence-electron chi connectivity index (χ1n) is 9.17. The molecule has 0 radical (unpaired) electrons. The lowest BCUT2D eigenvalue weighted by atomic mass is 9.90. The van der Waals surface area contributed by atoms with Gasteiger partial charge in [-0.05, 0) is 68.5 Å². The third kappa shape index (κ3) is 5.20. The van der Waals surface area contributed by atoms with E-state index in [-0.39, 0.29) is 11.1 Å². The summed E-state index contributed by atoms with van der Waals surface area (Å²) in [4.78, 5) is 16.5. The van der Waals surface area contributed by atoms with Gasteiger partial charge >= 0.3 is 0 Å². The van der Waals surface area contributed by atoms with Crippen molar-refractivity contribution in [2.75, 3.05) is 32.7 Å². The van der Waals surface area contributed by atoms with E-state index < -0.39 is 0 Å². The van der Waals surface area contributed by atoms with E-state index in [0.717, 1.165) is 68.4 Å². The Hall–Kier alpha value is -0.590. The number of nitrogens with zero attached hydrogens (tertiary/aromatic N) is 2. The summed E-state index contributed by atoms with van der Waals surface area (Å²) in [6.07, 6.45) is 4.26. The molecule has 0 bridgehead atoms. The molecule has 1 atom stereocenters. The molecule has 3 nitrogen and oxygen atoms in total. The molecule has 2 saturated heterocycles. The standard InChI is InChI=1S/C19H26BrFN2OS/c1-2-7-23-13-17(25-19(23)24)12-22-8-5-14(6-9-22)10-15-11-16(21)3-4-18(15)20/h3-4,11,14,17H,2,5-10,12-13H2,1H3. The molecule has 2 aliphatic rings. The van der Waals surface area contributed by atoms with Crippen molar-refractivity contribution in [3.05, 3.63) is 34.1 Å². The lowest BCUT2D eigenvalue weighted by Gasteiger charge is -2.33. The van der Waals surface area contributed by atoms with Crippen molar-refractivity contribution in [3.8, 4) is 0 Å². The average molecular weight is 429 g/mol. The van der Waals surface area contributed by atoms with Gasteiger partial charge in [-0.25, -0.2) is 4.39 Å². The Morgan fingerprint density at radius 3 is 2.80 bits per heavy atom. The largest absolute Gasteiger partial charge is 0.332 e. The molecule has 0 spiro atoms. The van der Waals surface area contributed by atoms with E-state index in [2.05, 4.69) is 27.8 Å². The number of hydrogen-bond donors (Lipinski definition) is 0. The van der Waals surface area contributed by atoms with Crippen LogP contribution in [-0.2, 0) is 6.42 Å². The van der Waals surface area contributed by atoms with Crippen molar-refractivity contribution in [3.63, 3.8) is 0 Å². The third-order valence-corrected chi connectivity index (χ3v) is 6.99. The zero-order valence-electron chi connectivity index (χ0n) is 14.7. The minimum Gasteiger partial charge on any atom is -0.332 e. The van der Waals surface area contributed by atoms with Gasteiger partial charge in [0.25, 0.3) is 5.24 Å². The van der Waals surface area contributed by atoms with Gasteiger partial charge < -0.3 is 9.80 Å². The molecule has 1 unspecified atom stereocenters. The van der Waals surface area contributed by atoms with E-state index in [1.807, 2.05) is 4.90 Å². The molecule has 0 N–H and O–H groups in total. The average Bonchev–Trinajstić information content (AvgIpc) is 2.93. The van der Waals surface area contributed by atoms with Crippen LogP contribution in [-0.4, -0.2) is 53.0 Å². The van der Waals surface area contributed by atoms with E-state index in [1.165, 1.54) is 17.8 Å². The molecular formula is C19H26BrFN2OS. The molecule has 25 heavy (non-hydrogen) atoms. The fourth-order valence-electron chi connectivity index (χ4n) is 3.79. The molecule has 2 aliphatic heterocycles. The predicted octanol–water partition coefficient (Wildman–Crippen LogP) is 4.79. The highest BCUT2D eigenvalue weighted by Crippen LogP contribution is 2.29. The molecule has 3 rings (SSSR count). The molecule has 0 saturated carbocycles. The molecule has 0 aliphatic carbocycles. The summed E-state index contributed by atoms with van der Waals surface area (Å²) in [5.41, 5.74) is 1.07. The van der Waals surface area contributed by atoms with Crippen molar-refractivity contribution in [2.24, 2.45) is 5.92 Å². The van der Waals surface area contributed by atoms with E-state index in [4.69, 9.17) is 0 Å². The van der Waals surface area contributed by atoms with Crippen molar-refractivity contribution in [1.82, 2.24) is 9.80 Å². The molecule has 2 fully saturated rings. The van der Waals surface area contributed by atoms with Crippen LogP contribution >= 0.6 is 27.7 Å². The van der Waals surface area contributed by atoms with Crippen molar-refractivity contribution < 1.29 is 9.18 Å². The molecule has 1 aromatic rings. The quantitative estimate of drug-likeness (QED) is 0.650. The Kier molecular flexibility index (Phi) is 6.80. The van der Waals surface area contributed by atoms with Crippen LogP contribution in [0, 0.1) is 11.7 Å². The van der Waals surface area contributed by atoms with Crippen LogP contribution in [0.15, 0.2) is 22.7 Å². The van der Waals surface area contributed by atoms with Gasteiger partial charge in [0, 0.05) is 29.4 Å². The topological polar surface area (TPSA) is 23.6 Å². The number of thioether (sulfide) groups is 1. The van der Waals surface area contributed by atoms with Gasteiger partial charge in [0.1, 0.15) is 5.82 Å². The SMILES string of the molecule is CCCN1CC(CN2CCC(Cc3cc(F)ccc3Br)CC2)SC1=O. The van der Waals surface area contributed by atoms with Crippen molar-refractivity contribution >= 4 is 32.9 Å². The van der Waals surface area contributed by atoms with Gasteiger partial charge in [0.05, 0.1) is 0 Å². The minimum atomic E-state index is -0.157. The number of halogens is 2. The van der Waals surface area contributed by atoms with E-state index in [1.54, 1.807) is 12.1 Å². The van der Waals surface area contributed by atoms with Gasteiger partial charge in [-0.1, -0.05) is 34.6 Å². The van der Waals surface area contributed by atoms with Crippen LogP contribution in [0.4, 0.5) is 9.18 Å². The maximum atomic E-state index is 13.4. The normalized spacial score (nSPS) is 22.8. The van der Waals surface area contributed by atoms with Crippen LogP contribution in [0.1, 0.15) is 31.7 Å². The van der Waals surface area contributed by atoms with Crippen LogP contribution in [0.5, 0.6) is 0 Å². The predicted molar refractivity (Wildman–Crippen MR) is 106 cm³/mol. The monoisotopic (exact) mass is 428 g/mol. The first-order chi connectivity index (χ1) is 12.0. The molecular weight excluding hydrogens is 403 g/mol. The van der Waals surface area contributed by atoms with Gasteiger partial charge in [0.15, 0.2) is 0 Å². The zero-order chi connectivity index (χ0) is 17.8. The van der Waals surface area contributed by atoms with Crippen LogP contribution < -0.4 is 0 Å². The van der Waals surface area contributed by atoms with Crippen LogP contribution in [0.2, 0.25) is 0 Å². The smallest absolute Gasteiger partial charge is 0.282 e. The van der Waals surface area contributed by atoms with Crippen LogP contribution in [0.3, 0.4) is 0 Å². The third-order valence-electron chi connectivity index (χ3n) is 5.13. The second-order valence-electron chi connectivity index (χ2n) is 7.14. The number of hydrogen-bond acceptors (Lipinski definition) is 3. The Balaban J connectivity index is 1.45. The van der Waals surface area contributed by atoms with E-state index in [0.29, 0.717) is 11.2 Å². The summed E-state index contributed by atoms with van der Waals surface area (Å²) in [6.45, 7) is 7.06. The summed E-state index contributed by atoms with van der Waals surface area (Å²) < 4.78 is 14.5. The molecule has 1 amide bonds. The highest BCUT2D eigenvalue weighted by atomic mass is 79.9.